The normalized spacial score (nSPS) is 12.6. The Morgan fingerprint density at radius 3 is 2.80 bits per heavy atom. The van der Waals surface area contributed by atoms with E-state index in [0.717, 1.165) is 17.9 Å². The number of aromatic nitrogens is 1. The van der Waals surface area contributed by atoms with E-state index >= 15 is 0 Å². The minimum Gasteiger partial charge on any atom is -0.383 e. The fraction of sp³-hybridized carbons (Fsp3) is 0.438. The number of nitrogens with one attached hydrogen (secondary N) is 1. The maximum atomic E-state index is 5.25. The molecule has 2 rings (SSSR count). The van der Waals surface area contributed by atoms with Gasteiger partial charge < -0.3 is 15.0 Å². The zero-order chi connectivity index (χ0) is 14.5. The third kappa shape index (κ3) is 3.08. The molecule has 0 aliphatic rings. The summed E-state index contributed by atoms with van der Waals surface area (Å²) >= 11 is 0. The van der Waals surface area contributed by atoms with Crippen molar-refractivity contribution in [2.24, 2.45) is 0 Å². The molecule has 2 aromatic rings. The molecule has 0 radical (unpaired) electrons. The fourth-order valence-electron chi connectivity index (χ4n) is 2.34. The molecule has 0 saturated carbocycles. The van der Waals surface area contributed by atoms with Gasteiger partial charge in [-0.15, -0.1) is 0 Å². The molecule has 20 heavy (non-hydrogen) atoms. The molecule has 4 nitrogen and oxygen atoms in total. The molecule has 108 valence electrons. The number of anilines is 1. The minimum atomic E-state index is 0.282. The van der Waals surface area contributed by atoms with Crippen LogP contribution in [-0.4, -0.2) is 38.8 Å². The summed E-state index contributed by atoms with van der Waals surface area (Å²) in [6, 6.07) is 10.7. The van der Waals surface area contributed by atoms with Crippen LogP contribution in [0.15, 0.2) is 30.3 Å². The van der Waals surface area contributed by atoms with Gasteiger partial charge in [-0.05, 0) is 26.1 Å². The molecular formula is C16H23N3O. The summed E-state index contributed by atoms with van der Waals surface area (Å²) in [4.78, 5) is 7.01. The molecule has 4 heteroatoms. The van der Waals surface area contributed by atoms with E-state index < -0.39 is 0 Å². The summed E-state index contributed by atoms with van der Waals surface area (Å²) in [5, 5.41) is 4.39. The van der Waals surface area contributed by atoms with Crippen molar-refractivity contribution in [3.63, 3.8) is 0 Å². The number of ether oxygens (including phenoxy) is 1. The highest BCUT2D eigenvalue weighted by molar-refractivity contribution is 5.81. The predicted octanol–water partition coefficient (Wildman–Crippen LogP) is 2.43. The summed E-state index contributed by atoms with van der Waals surface area (Å²) in [5.41, 5.74) is 2.23. The SMILES string of the molecule is CNCc1cc2ccccc2nc1N(C)C(C)COC. The monoisotopic (exact) mass is 273 g/mol. The number of para-hydroxylation sites is 1. The number of pyridine rings is 1. The molecule has 0 aliphatic heterocycles. The van der Waals surface area contributed by atoms with Gasteiger partial charge in [-0.25, -0.2) is 4.98 Å². The van der Waals surface area contributed by atoms with Crippen molar-refractivity contribution >= 4 is 16.7 Å². The first-order valence-electron chi connectivity index (χ1n) is 6.92. The number of rotatable bonds is 6. The van der Waals surface area contributed by atoms with E-state index in [4.69, 9.17) is 9.72 Å². The van der Waals surface area contributed by atoms with Crippen LogP contribution in [0, 0.1) is 0 Å². The molecule has 0 aliphatic carbocycles. The number of likely N-dealkylation sites (N-methyl/N-ethyl adjacent to an activating group) is 1. The highest BCUT2D eigenvalue weighted by Gasteiger charge is 2.15. The Bertz CT molecular complexity index is 571. The van der Waals surface area contributed by atoms with E-state index in [1.165, 1.54) is 10.9 Å². The molecule has 0 bridgehead atoms. The van der Waals surface area contributed by atoms with E-state index in [1.807, 2.05) is 19.2 Å². The first kappa shape index (κ1) is 14.8. The summed E-state index contributed by atoms with van der Waals surface area (Å²) in [5.74, 6) is 1.02. The summed E-state index contributed by atoms with van der Waals surface area (Å²) in [6.07, 6.45) is 0. The summed E-state index contributed by atoms with van der Waals surface area (Å²) in [7, 11) is 5.75. The van der Waals surface area contributed by atoms with Crippen molar-refractivity contribution in [1.82, 2.24) is 10.3 Å². The van der Waals surface area contributed by atoms with Crippen LogP contribution in [-0.2, 0) is 11.3 Å². The van der Waals surface area contributed by atoms with Gasteiger partial charge in [-0.3, -0.25) is 0 Å². The third-order valence-corrected chi connectivity index (χ3v) is 3.55. The van der Waals surface area contributed by atoms with E-state index in [-0.39, 0.29) is 6.04 Å². The zero-order valence-electron chi connectivity index (χ0n) is 12.7. The number of methoxy groups -OCH3 is 1. The Hall–Kier alpha value is -1.65. The Balaban J connectivity index is 2.45. The number of benzene rings is 1. The predicted molar refractivity (Wildman–Crippen MR) is 84.2 cm³/mol. The van der Waals surface area contributed by atoms with Crippen LogP contribution in [0.2, 0.25) is 0 Å². The van der Waals surface area contributed by atoms with Crippen LogP contribution < -0.4 is 10.2 Å². The van der Waals surface area contributed by atoms with Gasteiger partial charge in [0.25, 0.3) is 0 Å². The van der Waals surface area contributed by atoms with Crippen LogP contribution in [0.4, 0.5) is 5.82 Å². The third-order valence-electron chi connectivity index (χ3n) is 3.55. The van der Waals surface area contributed by atoms with Crippen molar-refractivity contribution in [2.75, 3.05) is 32.7 Å². The lowest BCUT2D eigenvalue weighted by Crippen LogP contribution is -2.34. The second kappa shape index (κ2) is 6.68. The number of nitrogens with zero attached hydrogens (tertiary/aromatic N) is 2. The van der Waals surface area contributed by atoms with Gasteiger partial charge in [0.1, 0.15) is 5.82 Å². The first-order valence-corrected chi connectivity index (χ1v) is 6.92. The fourth-order valence-corrected chi connectivity index (χ4v) is 2.34. The highest BCUT2D eigenvalue weighted by Crippen LogP contribution is 2.24. The average Bonchev–Trinajstić information content (AvgIpc) is 2.46. The van der Waals surface area contributed by atoms with Gasteiger partial charge in [0.05, 0.1) is 18.2 Å². The molecule has 1 aromatic carbocycles. The molecule has 1 heterocycles. The Morgan fingerprint density at radius 2 is 2.10 bits per heavy atom. The van der Waals surface area contributed by atoms with Gasteiger partial charge in [0.15, 0.2) is 0 Å². The van der Waals surface area contributed by atoms with Crippen molar-refractivity contribution in [2.45, 2.75) is 19.5 Å². The molecule has 0 fully saturated rings. The summed E-state index contributed by atoms with van der Waals surface area (Å²) < 4.78 is 5.25. The molecule has 1 unspecified atom stereocenters. The van der Waals surface area contributed by atoms with Crippen molar-refractivity contribution < 1.29 is 4.74 Å². The lowest BCUT2D eigenvalue weighted by molar-refractivity contribution is 0.183. The van der Waals surface area contributed by atoms with Crippen LogP contribution in [0.1, 0.15) is 12.5 Å². The number of hydrogen-bond donors (Lipinski definition) is 1. The maximum absolute atomic E-state index is 5.25. The van der Waals surface area contributed by atoms with E-state index in [1.54, 1.807) is 7.11 Å². The molecule has 0 saturated heterocycles. The van der Waals surface area contributed by atoms with Crippen LogP contribution >= 0.6 is 0 Å². The van der Waals surface area contributed by atoms with Crippen molar-refractivity contribution in [1.29, 1.82) is 0 Å². The Kier molecular flexibility index (Phi) is 4.93. The van der Waals surface area contributed by atoms with E-state index in [2.05, 4.69) is 42.4 Å². The van der Waals surface area contributed by atoms with Gasteiger partial charge in [0.2, 0.25) is 0 Å². The lowest BCUT2D eigenvalue weighted by atomic mass is 10.1. The Labute approximate surface area is 120 Å². The molecule has 0 spiro atoms. The lowest BCUT2D eigenvalue weighted by Gasteiger charge is -2.27. The summed E-state index contributed by atoms with van der Waals surface area (Å²) in [6.45, 7) is 3.63. The van der Waals surface area contributed by atoms with Gasteiger partial charge in [-0.1, -0.05) is 18.2 Å². The topological polar surface area (TPSA) is 37.4 Å². The standard InChI is InChI=1S/C16H23N3O/c1-12(11-20-4)19(3)16-14(10-17-2)9-13-7-5-6-8-15(13)18-16/h5-9,12,17H,10-11H2,1-4H3. The van der Waals surface area contributed by atoms with Gasteiger partial charge in [0, 0.05) is 31.7 Å². The average molecular weight is 273 g/mol. The first-order chi connectivity index (χ1) is 9.67. The van der Waals surface area contributed by atoms with Crippen LogP contribution in [0.3, 0.4) is 0 Å². The van der Waals surface area contributed by atoms with E-state index in [0.29, 0.717) is 6.61 Å². The second-order valence-electron chi connectivity index (χ2n) is 5.11. The van der Waals surface area contributed by atoms with Crippen molar-refractivity contribution in [3.8, 4) is 0 Å². The molecule has 1 atom stereocenters. The smallest absolute Gasteiger partial charge is 0.133 e. The molecule has 1 N–H and O–H groups in total. The second-order valence-corrected chi connectivity index (χ2v) is 5.11. The van der Waals surface area contributed by atoms with Gasteiger partial charge >= 0.3 is 0 Å². The highest BCUT2D eigenvalue weighted by atomic mass is 16.5. The largest absolute Gasteiger partial charge is 0.383 e. The van der Waals surface area contributed by atoms with Crippen LogP contribution in [0.25, 0.3) is 10.9 Å². The molecular weight excluding hydrogens is 250 g/mol. The maximum Gasteiger partial charge on any atom is 0.133 e. The molecule has 0 amide bonds. The van der Waals surface area contributed by atoms with E-state index in [9.17, 15) is 0 Å². The number of hydrogen-bond acceptors (Lipinski definition) is 4. The van der Waals surface area contributed by atoms with Crippen molar-refractivity contribution in [3.05, 3.63) is 35.9 Å². The zero-order valence-corrected chi connectivity index (χ0v) is 12.7. The number of fused-ring (bicyclic) bond motifs is 1. The Morgan fingerprint density at radius 1 is 1.35 bits per heavy atom. The van der Waals surface area contributed by atoms with Gasteiger partial charge in [-0.2, -0.15) is 0 Å². The van der Waals surface area contributed by atoms with Crippen LogP contribution in [0.5, 0.6) is 0 Å². The quantitative estimate of drug-likeness (QED) is 0.877. The minimum absolute atomic E-state index is 0.282. The molecule has 1 aromatic heterocycles.